The van der Waals surface area contributed by atoms with E-state index in [1.54, 1.807) is 14.2 Å². The lowest BCUT2D eigenvalue weighted by Crippen LogP contribution is -2.28. The van der Waals surface area contributed by atoms with E-state index < -0.39 is 0 Å². The van der Waals surface area contributed by atoms with Crippen molar-refractivity contribution in [3.63, 3.8) is 0 Å². The number of nitrogens with one attached hydrogen (secondary N) is 1. The van der Waals surface area contributed by atoms with E-state index in [2.05, 4.69) is 16.4 Å². The Bertz CT molecular complexity index is 652. The summed E-state index contributed by atoms with van der Waals surface area (Å²) in [4.78, 5) is 4.50. The molecule has 1 aromatic carbocycles. The van der Waals surface area contributed by atoms with E-state index >= 15 is 0 Å². The zero-order chi connectivity index (χ0) is 15.5. The van der Waals surface area contributed by atoms with E-state index in [1.165, 1.54) is 0 Å². The number of hydrogen-bond acceptors (Lipinski definition) is 5. The van der Waals surface area contributed by atoms with Gasteiger partial charge in [0.1, 0.15) is 0 Å². The zero-order valence-electron chi connectivity index (χ0n) is 13.0. The maximum atomic E-state index is 9.58. The van der Waals surface area contributed by atoms with E-state index in [1.807, 2.05) is 18.3 Å². The first-order valence-electron chi connectivity index (χ1n) is 7.66. The second-order valence-corrected chi connectivity index (χ2v) is 5.77. The summed E-state index contributed by atoms with van der Waals surface area (Å²) < 4.78 is 10.6. The minimum Gasteiger partial charge on any atom is -0.493 e. The normalized spacial score (nSPS) is 21.6. The van der Waals surface area contributed by atoms with Gasteiger partial charge in [-0.15, -0.1) is 0 Å². The second-order valence-electron chi connectivity index (χ2n) is 5.77. The highest BCUT2D eigenvalue weighted by atomic mass is 16.5. The largest absolute Gasteiger partial charge is 0.493 e. The van der Waals surface area contributed by atoms with Crippen LogP contribution in [0.4, 0.5) is 5.69 Å². The molecule has 1 aliphatic carbocycles. The summed E-state index contributed by atoms with van der Waals surface area (Å²) in [5.41, 5.74) is 1.88. The average molecular weight is 302 g/mol. The van der Waals surface area contributed by atoms with Crippen LogP contribution in [0.3, 0.4) is 0 Å². The van der Waals surface area contributed by atoms with Gasteiger partial charge in [-0.25, -0.2) is 0 Å². The highest BCUT2D eigenvalue weighted by Gasteiger charge is 2.19. The van der Waals surface area contributed by atoms with Gasteiger partial charge in [0.05, 0.1) is 37.7 Å². The average Bonchev–Trinajstić information content (AvgIpc) is 2.55. The number of aromatic nitrogens is 1. The second kappa shape index (κ2) is 6.40. The van der Waals surface area contributed by atoms with Gasteiger partial charge < -0.3 is 19.9 Å². The summed E-state index contributed by atoms with van der Waals surface area (Å²) in [7, 11) is 3.25. The number of aliphatic hydroxyl groups excluding tert-OH is 1. The molecule has 1 fully saturated rings. The van der Waals surface area contributed by atoms with Gasteiger partial charge in [-0.2, -0.15) is 0 Å². The molecule has 0 amide bonds. The summed E-state index contributed by atoms with van der Waals surface area (Å²) in [6.07, 6.45) is 5.42. The molecule has 5 nitrogen and oxygen atoms in total. The molecule has 1 aliphatic rings. The van der Waals surface area contributed by atoms with Crippen molar-refractivity contribution in [2.75, 3.05) is 19.5 Å². The fourth-order valence-corrected chi connectivity index (χ4v) is 2.99. The lowest BCUT2D eigenvalue weighted by Gasteiger charge is -2.27. The molecule has 22 heavy (non-hydrogen) atoms. The maximum absolute atomic E-state index is 9.58. The lowest BCUT2D eigenvalue weighted by atomic mass is 9.93. The van der Waals surface area contributed by atoms with Crippen molar-refractivity contribution in [2.24, 2.45) is 0 Å². The molecule has 0 saturated heterocycles. The van der Waals surface area contributed by atoms with Gasteiger partial charge in [0, 0.05) is 17.5 Å². The van der Waals surface area contributed by atoms with E-state index in [-0.39, 0.29) is 6.10 Å². The van der Waals surface area contributed by atoms with Crippen LogP contribution in [0, 0.1) is 0 Å². The minimum atomic E-state index is -0.135. The van der Waals surface area contributed by atoms with Gasteiger partial charge in [0.2, 0.25) is 0 Å². The number of nitrogens with zero attached hydrogens (tertiary/aromatic N) is 1. The number of anilines is 1. The molecule has 1 heterocycles. The van der Waals surface area contributed by atoms with Gasteiger partial charge in [-0.05, 0) is 37.8 Å². The van der Waals surface area contributed by atoms with E-state index in [9.17, 15) is 5.11 Å². The molecule has 1 aromatic heterocycles. The van der Waals surface area contributed by atoms with Gasteiger partial charge >= 0.3 is 0 Å². The predicted octanol–water partition coefficient (Wildman–Crippen LogP) is 2.97. The Labute approximate surface area is 130 Å². The quantitative estimate of drug-likeness (QED) is 0.909. The molecule has 0 atom stereocenters. The Kier molecular flexibility index (Phi) is 4.34. The van der Waals surface area contributed by atoms with Crippen molar-refractivity contribution in [1.82, 2.24) is 4.98 Å². The Morgan fingerprint density at radius 3 is 2.41 bits per heavy atom. The van der Waals surface area contributed by atoms with Crippen LogP contribution < -0.4 is 14.8 Å². The molecule has 118 valence electrons. The summed E-state index contributed by atoms with van der Waals surface area (Å²) in [6, 6.07) is 6.31. The molecule has 0 unspecified atom stereocenters. The van der Waals surface area contributed by atoms with Crippen molar-refractivity contribution in [3.05, 3.63) is 24.4 Å². The van der Waals surface area contributed by atoms with Gasteiger partial charge in [-0.1, -0.05) is 0 Å². The third-order valence-electron chi connectivity index (χ3n) is 4.25. The molecule has 5 heteroatoms. The van der Waals surface area contributed by atoms with Crippen molar-refractivity contribution in [1.29, 1.82) is 0 Å². The summed E-state index contributed by atoms with van der Waals surface area (Å²) in [5.74, 6) is 1.39. The van der Waals surface area contributed by atoms with Crippen molar-refractivity contribution in [3.8, 4) is 11.5 Å². The first-order valence-corrected chi connectivity index (χ1v) is 7.66. The Hall–Kier alpha value is -2.01. The van der Waals surface area contributed by atoms with Crippen LogP contribution in [0.15, 0.2) is 24.4 Å². The topological polar surface area (TPSA) is 63.6 Å². The van der Waals surface area contributed by atoms with Crippen LogP contribution in [0.1, 0.15) is 25.7 Å². The van der Waals surface area contributed by atoms with E-state index in [4.69, 9.17) is 9.47 Å². The number of ether oxygens (including phenoxy) is 2. The van der Waals surface area contributed by atoms with Crippen LogP contribution in [-0.4, -0.2) is 36.5 Å². The van der Waals surface area contributed by atoms with Crippen molar-refractivity contribution in [2.45, 2.75) is 37.8 Å². The number of aliphatic hydroxyl groups is 1. The minimum absolute atomic E-state index is 0.135. The molecule has 3 rings (SSSR count). The summed E-state index contributed by atoms with van der Waals surface area (Å²) >= 11 is 0. The molecule has 2 N–H and O–H groups in total. The van der Waals surface area contributed by atoms with Crippen LogP contribution in [0.25, 0.3) is 10.9 Å². The number of pyridine rings is 1. The molecule has 0 aliphatic heterocycles. The Morgan fingerprint density at radius 2 is 1.73 bits per heavy atom. The van der Waals surface area contributed by atoms with Crippen molar-refractivity contribution < 1.29 is 14.6 Å². The number of hydrogen-bond donors (Lipinski definition) is 2. The number of rotatable bonds is 4. The molecule has 0 spiro atoms. The molecule has 0 radical (unpaired) electrons. The predicted molar refractivity (Wildman–Crippen MR) is 86.7 cm³/mol. The molecule has 0 bridgehead atoms. The third-order valence-corrected chi connectivity index (χ3v) is 4.25. The highest BCUT2D eigenvalue weighted by Crippen LogP contribution is 2.32. The number of benzene rings is 1. The number of fused-ring (bicyclic) bond motifs is 1. The fourth-order valence-electron chi connectivity index (χ4n) is 2.99. The Balaban J connectivity index is 1.83. The van der Waals surface area contributed by atoms with Gasteiger partial charge in [0.15, 0.2) is 11.5 Å². The van der Waals surface area contributed by atoms with Gasteiger partial charge in [-0.3, -0.25) is 4.98 Å². The molecular weight excluding hydrogens is 280 g/mol. The van der Waals surface area contributed by atoms with Crippen molar-refractivity contribution >= 4 is 16.6 Å². The van der Waals surface area contributed by atoms with E-state index in [0.29, 0.717) is 17.5 Å². The SMILES string of the molecule is COc1cc2cc(NC3CCC(O)CC3)cnc2cc1OC. The first kappa shape index (κ1) is 14.9. The maximum Gasteiger partial charge on any atom is 0.162 e. The molecule has 1 saturated carbocycles. The summed E-state index contributed by atoms with van der Waals surface area (Å²) in [5, 5.41) is 14.1. The van der Waals surface area contributed by atoms with Crippen LogP contribution >= 0.6 is 0 Å². The smallest absolute Gasteiger partial charge is 0.162 e. The van der Waals surface area contributed by atoms with Crippen LogP contribution in [0.5, 0.6) is 11.5 Å². The van der Waals surface area contributed by atoms with E-state index in [0.717, 1.165) is 42.3 Å². The Morgan fingerprint density at radius 1 is 1.05 bits per heavy atom. The fraction of sp³-hybridized carbons (Fsp3) is 0.471. The number of methoxy groups -OCH3 is 2. The standard InChI is InChI=1S/C17H22N2O3/c1-21-16-8-11-7-13(10-18-15(11)9-17(16)22-2)19-12-3-5-14(20)6-4-12/h7-10,12,14,19-20H,3-6H2,1-2H3. The van der Waals surface area contributed by atoms with Crippen LogP contribution in [0.2, 0.25) is 0 Å². The summed E-state index contributed by atoms with van der Waals surface area (Å²) in [6.45, 7) is 0. The highest BCUT2D eigenvalue weighted by molar-refractivity contribution is 5.85. The zero-order valence-corrected chi connectivity index (χ0v) is 13.0. The van der Waals surface area contributed by atoms with Crippen LogP contribution in [-0.2, 0) is 0 Å². The molecule has 2 aromatic rings. The first-order chi connectivity index (χ1) is 10.7. The monoisotopic (exact) mass is 302 g/mol. The third kappa shape index (κ3) is 3.09. The van der Waals surface area contributed by atoms with Gasteiger partial charge in [0.25, 0.3) is 0 Å². The lowest BCUT2D eigenvalue weighted by molar-refractivity contribution is 0.126. The molecular formula is C17H22N2O3.